The van der Waals surface area contributed by atoms with Gasteiger partial charge in [-0.15, -0.1) is 0 Å². The van der Waals surface area contributed by atoms with Crippen LogP contribution in [-0.4, -0.2) is 44.7 Å². The van der Waals surface area contributed by atoms with Crippen molar-refractivity contribution in [3.05, 3.63) is 41.7 Å². The van der Waals surface area contributed by atoms with Crippen molar-refractivity contribution in [2.45, 2.75) is 31.9 Å². The second-order valence-corrected chi connectivity index (χ2v) is 5.82. The van der Waals surface area contributed by atoms with Crippen LogP contribution in [0.1, 0.15) is 11.1 Å². The van der Waals surface area contributed by atoms with Crippen LogP contribution in [0.25, 0.3) is 0 Å². The van der Waals surface area contributed by atoms with E-state index in [9.17, 15) is 0 Å². The van der Waals surface area contributed by atoms with E-state index in [0.29, 0.717) is 18.6 Å². The second-order valence-electron chi connectivity index (χ2n) is 5.82. The third kappa shape index (κ3) is 3.53. The summed E-state index contributed by atoms with van der Waals surface area (Å²) in [4.78, 5) is 2.39. The Morgan fingerprint density at radius 3 is 2.71 bits per heavy atom. The Kier molecular flexibility index (Phi) is 4.39. The second kappa shape index (κ2) is 6.44. The topological polar surface area (TPSA) is 36.5 Å². The molecule has 2 aliphatic heterocycles. The molecular formula is C16H22BN3O. The minimum absolute atomic E-state index is 0.304. The Balaban J connectivity index is 1.45. The number of nitrogens with one attached hydrogen (secondary N) is 2. The summed E-state index contributed by atoms with van der Waals surface area (Å²) >= 11 is 0. The molecule has 1 aromatic carbocycles. The molecule has 0 saturated carbocycles. The first kappa shape index (κ1) is 14.3. The van der Waals surface area contributed by atoms with Gasteiger partial charge < -0.3 is 15.4 Å². The minimum atomic E-state index is 0.304. The van der Waals surface area contributed by atoms with E-state index in [0.717, 1.165) is 31.8 Å². The number of ether oxygens (including phenoxy) is 1. The molecule has 0 aromatic heterocycles. The van der Waals surface area contributed by atoms with Crippen molar-refractivity contribution in [2.75, 3.05) is 19.6 Å². The van der Waals surface area contributed by atoms with E-state index in [1.165, 1.54) is 11.1 Å². The zero-order valence-electron chi connectivity index (χ0n) is 12.5. The number of nitrogens with zero attached hydrogens (tertiary/aromatic N) is 1. The van der Waals surface area contributed by atoms with Gasteiger partial charge in [0.1, 0.15) is 18.0 Å². The number of hydrogen-bond acceptors (Lipinski definition) is 4. The van der Waals surface area contributed by atoms with Crippen molar-refractivity contribution >= 4 is 7.85 Å². The number of hydrogen-bond donors (Lipinski definition) is 2. The first-order valence-electron chi connectivity index (χ1n) is 7.60. The van der Waals surface area contributed by atoms with Crippen LogP contribution >= 0.6 is 0 Å². The maximum Gasteiger partial charge on any atom is 0.124 e. The summed E-state index contributed by atoms with van der Waals surface area (Å²) in [5.74, 6) is 0.999. The number of aryl methyl sites for hydroxylation is 2. The lowest BCUT2D eigenvalue weighted by Crippen LogP contribution is -2.58. The lowest BCUT2D eigenvalue weighted by Gasteiger charge is -2.40. The molecule has 1 saturated heterocycles. The lowest BCUT2D eigenvalue weighted by molar-refractivity contribution is 0.0139. The average Bonchev–Trinajstić information content (AvgIpc) is 2.92. The van der Waals surface area contributed by atoms with E-state index in [1.54, 1.807) is 0 Å². The zero-order chi connectivity index (χ0) is 14.7. The normalized spacial score (nSPS) is 19.1. The molecule has 0 unspecified atom stereocenters. The van der Waals surface area contributed by atoms with Gasteiger partial charge in [-0.2, -0.15) is 0 Å². The molecule has 2 aliphatic rings. The third-order valence-electron chi connectivity index (χ3n) is 4.01. The smallest absolute Gasteiger partial charge is 0.124 e. The highest BCUT2D eigenvalue weighted by atomic mass is 16.5. The minimum Gasteiger partial charge on any atom is -0.487 e. The summed E-state index contributed by atoms with van der Waals surface area (Å²) in [6.07, 6.45) is 6.15. The molecule has 2 heterocycles. The summed E-state index contributed by atoms with van der Waals surface area (Å²) in [6, 6.07) is 6.37. The zero-order valence-corrected chi connectivity index (χ0v) is 12.5. The highest BCUT2D eigenvalue weighted by Crippen LogP contribution is 2.23. The molecule has 110 valence electrons. The first-order chi connectivity index (χ1) is 10.2. The molecule has 0 spiro atoms. The SMILES string of the molecule is [B]CCc1ccc(OC2CN(CC3NC=CN3)C2)c(C)c1. The number of benzene rings is 1. The van der Waals surface area contributed by atoms with E-state index in [4.69, 9.17) is 12.6 Å². The van der Waals surface area contributed by atoms with Crippen LogP contribution in [0.5, 0.6) is 5.75 Å². The Hall–Kier alpha value is -1.62. The largest absolute Gasteiger partial charge is 0.487 e. The Labute approximate surface area is 128 Å². The van der Waals surface area contributed by atoms with Crippen molar-refractivity contribution in [3.8, 4) is 5.75 Å². The van der Waals surface area contributed by atoms with Crippen molar-refractivity contribution in [1.29, 1.82) is 0 Å². The molecule has 21 heavy (non-hydrogen) atoms. The van der Waals surface area contributed by atoms with Crippen LogP contribution in [0.4, 0.5) is 0 Å². The summed E-state index contributed by atoms with van der Waals surface area (Å²) in [5, 5.41) is 6.53. The number of likely N-dealkylation sites (tertiary alicyclic amines) is 1. The van der Waals surface area contributed by atoms with Crippen LogP contribution in [0, 0.1) is 6.92 Å². The van der Waals surface area contributed by atoms with Crippen molar-refractivity contribution in [1.82, 2.24) is 15.5 Å². The van der Waals surface area contributed by atoms with Gasteiger partial charge in [-0.3, -0.25) is 4.90 Å². The molecule has 5 heteroatoms. The lowest BCUT2D eigenvalue weighted by atomic mass is 9.96. The van der Waals surface area contributed by atoms with Gasteiger partial charge in [0.05, 0.1) is 7.85 Å². The van der Waals surface area contributed by atoms with Crippen LogP contribution < -0.4 is 15.4 Å². The average molecular weight is 283 g/mol. The fraction of sp³-hybridized carbons (Fsp3) is 0.500. The van der Waals surface area contributed by atoms with Crippen LogP contribution in [0.2, 0.25) is 6.32 Å². The maximum absolute atomic E-state index is 6.08. The van der Waals surface area contributed by atoms with Gasteiger partial charge in [0.15, 0.2) is 0 Å². The van der Waals surface area contributed by atoms with Gasteiger partial charge in [-0.05, 0) is 30.5 Å². The van der Waals surface area contributed by atoms with Crippen LogP contribution in [0.15, 0.2) is 30.6 Å². The summed E-state index contributed by atoms with van der Waals surface area (Å²) in [5.41, 5.74) is 2.48. The monoisotopic (exact) mass is 283 g/mol. The van der Waals surface area contributed by atoms with Gasteiger partial charge in [0.25, 0.3) is 0 Å². The summed E-state index contributed by atoms with van der Waals surface area (Å²) in [7, 11) is 5.59. The fourth-order valence-electron chi connectivity index (χ4n) is 2.83. The van der Waals surface area contributed by atoms with Gasteiger partial charge in [-0.25, -0.2) is 0 Å². The molecule has 3 rings (SSSR count). The van der Waals surface area contributed by atoms with Gasteiger partial charge >= 0.3 is 0 Å². The Morgan fingerprint density at radius 2 is 2.05 bits per heavy atom. The predicted molar refractivity (Wildman–Crippen MR) is 85.5 cm³/mol. The molecule has 1 fully saturated rings. The predicted octanol–water partition coefficient (Wildman–Crippen LogP) is 1.18. The highest BCUT2D eigenvalue weighted by molar-refractivity contribution is 6.08. The quantitative estimate of drug-likeness (QED) is 0.769. The van der Waals surface area contributed by atoms with E-state index < -0.39 is 0 Å². The maximum atomic E-state index is 6.08. The number of rotatable bonds is 6. The van der Waals surface area contributed by atoms with Gasteiger partial charge in [-0.1, -0.05) is 18.5 Å². The fourth-order valence-corrected chi connectivity index (χ4v) is 2.83. The van der Waals surface area contributed by atoms with E-state index >= 15 is 0 Å². The van der Waals surface area contributed by atoms with E-state index in [1.807, 2.05) is 12.4 Å². The molecule has 0 amide bonds. The Morgan fingerprint density at radius 1 is 1.29 bits per heavy atom. The van der Waals surface area contributed by atoms with Gasteiger partial charge in [0.2, 0.25) is 0 Å². The van der Waals surface area contributed by atoms with E-state index in [2.05, 4.69) is 40.7 Å². The standard InChI is InChI=1S/C16H22BN3O/c1-12-8-13(4-5-17)2-3-15(12)21-14-9-20(10-14)11-16-18-6-7-19-16/h2-3,6-8,14,16,18-19H,4-5,9-11H2,1H3. The molecule has 2 radical (unpaired) electrons. The summed E-state index contributed by atoms with van der Waals surface area (Å²) < 4.78 is 6.08. The molecule has 0 atom stereocenters. The molecule has 4 nitrogen and oxygen atoms in total. The molecule has 0 aliphatic carbocycles. The highest BCUT2D eigenvalue weighted by Gasteiger charge is 2.30. The van der Waals surface area contributed by atoms with Crippen LogP contribution in [-0.2, 0) is 6.42 Å². The van der Waals surface area contributed by atoms with Crippen molar-refractivity contribution < 1.29 is 4.74 Å². The third-order valence-corrected chi connectivity index (χ3v) is 4.01. The first-order valence-corrected chi connectivity index (χ1v) is 7.60. The van der Waals surface area contributed by atoms with Crippen molar-refractivity contribution in [3.63, 3.8) is 0 Å². The Bertz CT molecular complexity index is 506. The molecule has 2 N–H and O–H groups in total. The molecule has 0 bridgehead atoms. The molecule has 1 aromatic rings. The van der Waals surface area contributed by atoms with Crippen molar-refractivity contribution in [2.24, 2.45) is 0 Å². The van der Waals surface area contributed by atoms with Crippen LogP contribution in [0.3, 0.4) is 0 Å². The van der Waals surface area contributed by atoms with Gasteiger partial charge in [0, 0.05) is 32.0 Å². The van der Waals surface area contributed by atoms with E-state index in [-0.39, 0.29) is 0 Å². The molecular weight excluding hydrogens is 261 g/mol. The summed E-state index contributed by atoms with van der Waals surface area (Å²) in [6.45, 7) is 5.08.